The summed E-state index contributed by atoms with van der Waals surface area (Å²) in [7, 11) is 1.46. The lowest BCUT2D eigenvalue weighted by molar-refractivity contribution is 0.387. The van der Waals surface area contributed by atoms with Gasteiger partial charge in [-0.1, -0.05) is 25.6 Å². The number of thioether (sulfide) groups is 1. The standard InChI is InChI=1S/C14H19FN2OS/c1-9(2)6-11-8-16-14(19-11)17-10-4-5-12(15)13(7-10)18-3/h4-5,7,9,11H,6,8H2,1-3H3,(H,16,17). The number of aliphatic imine (C=N–C) groups is 1. The van der Waals surface area contributed by atoms with Gasteiger partial charge in [-0.05, 0) is 24.5 Å². The van der Waals surface area contributed by atoms with Gasteiger partial charge in [0.2, 0.25) is 0 Å². The number of amidine groups is 1. The molecule has 0 spiro atoms. The van der Waals surface area contributed by atoms with Gasteiger partial charge in [-0.25, -0.2) is 4.39 Å². The maximum Gasteiger partial charge on any atom is 0.165 e. The summed E-state index contributed by atoms with van der Waals surface area (Å²) in [5.41, 5.74) is 0.801. The van der Waals surface area contributed by atoms with E-state index < -0.39 is 0 Å². The van der Waals surface area contributed by atoms with Crippen molar-refractivity contribution in [2.24, 2.45) is 10.9 Å². The number of nitrogens with one attached hydrogen (secondary N) is 1. The van der Waals surface area contributed by atoms with Crippen molar-refractivity contribution in [2.45, 2.75) is 25.5 Å². The maximum atomic E-state index is 13.3. The van der Waals surface area contributed by atoms with Gasteiger partial charge in [0.1, 0.15) is 0 Å². The second-order valence-electron chi connectivity index (χ2n) is 4.99. The molecule has 0 saturated heterocycles. The van der Waals surface area contributed by atoms with Gasteiger partial charge in [-0.2, -0.15) is 0 Å². The van der Waals surface area contributed by atoms with E-state index in [1.165, 1.54) is 13.2 Å². The molecule has 5 heteroatoms. The first-order chi connectivity index (χ1) is 9.08. The van der Waals surface area contributed by atoms with Gasteiger partial charge in [-0.3, -0.25) is 4.99 Å². The van der Waals surface area contributed by atoms with E-state index in [1.807, 2.05) is 0 Å². The zero-order valence-corrected chi connectivity index (χ0v) is 12.3. The SMILES string of the molecule is COc1cc(NC2=NCC(CC(C)C)S2)ccc1F. The van der Waals surface area contributed by atoms with Crippen molar-refractivity contribution >= 4 is 22.6 Å². The molecule has 1 aromatic carbocycles. The van der Waals surface area contributed by atoms with E-state index in [4.69, 9.17) is 4.74 Å². The molecule has 1 aliphatic rings. The number of benzene rings is 1. The van der Waals surface area contributed by atoms with Crippen molar-refractivity contribution in [2.75, 3.05) is 19.0 Å². The summed E-state index contributed by atoms with van der Waals surface area (Å²) in [6.07, 6.45) is 1.16. The normalized spacial score (nSPS) is 18.6. The first-order valence-corrected chi connectivity index (χ1v) is 7.28. The number of ether oxygens (including phenoxy) is 1. The molecular formula is C14H19FN2OS. The van der Waals surface area contributed by atoms with Crippen LogP contribution in [0.3, 0.4) is 0 Å². The largest absolute Gasteiger partial charge is 0.494 e. The molecule has 0 saturated carbocycles. The predicted octanol–water partition coefficient (Wildman–Crippen LogP) is 3.76. The lowest BCUT2D eigenvalue weighted by Gasteiger charge is -2.11. The second-order valence-corrected chi connectivity index (χ2v) is 6.28. The van der Waals surface area contributed by atoms with E-state index >= 15 is 0 Å². The minimum absolute atomic E-state index is 0.243. The third kappa shape index (κ3) is 3.86. The van der Waals surface area contributed by atoms with Crippen molar-refractivity contribution in [1.82, 2.24) is 0 Å². The van der Waals surface area contributed by atoms with Crippen LogP contribution in [-0.4, -0.2) is 24.1 Å². The number of halogens is 1. The quantitative estimate of drug-likeness (QED) is 0.913. The molecule has 1 unspecified atom stereocenters. The third-order valence-corrected chi connectivity index (χ3v) is 3.98. The van der Waals surface area contributed by atoms with Crippen molar-refractivity contribution in [1.29, 1.82) is 0 Å². The van der Waals surface area contributed by atoms with E-state index in [2.05, 4.69) is 24.2 Å². The summed E-state index contributed by atoms with van der Waals surface area (Å²) in [5.74, 6) is 0.567. The smallest absolute Gasteiger partial charge is 0.165 e. The van der Waals surface area contributed by atoms with Gasteiger partial charge in [0.05, 0.1) is 13.7 Å². The lowest BCUT2D eigenvalue weighted by Crippen LogP contribution is -2.09. The first kappa shape index (κ1) is 14.2. The van der Waals surface area contributed by atoms with Crippen LogP contribution in [0, 0.1) is 11.7 Å². The molecule has 0 fully saturated rings. The zero-order valence-electron chi connectivity index (χ0n) is 11.4. The molecule has 0 aromatic heterocycles. The maximum absolute atomic E-state index is 13.3. The summed E-state index contributed by atoms with van der Waals surface area (Å²) < 4.78 is 18.3. The van der Waals surface area contributed by atoms with Crippen LogP contribution in [0.5, 0.6) is 5.75 Å². The summed E-state index contributed by atoms with van der Waals surface area (Å²) in [6, 6.07) is 4.73. The molecular weight excluding hydrogens is 263 g/mol. The molecule has 2 rings (SSSR count). The highest BCUT2D eigenvalue weighted by Crippen LogP contribution is 2.28. The number of hydrogen-bond donors (Lipinski definition) is 1. The second kappa shape index (κ2) is 6.28. The van der Waals surface area contributed by atoms with Crippen LogP contribution in [0.25, 0.3) is 0 Å². The van der Waals surface area contributed by atoms with Crippen molar-refractivity contribution in [3.63, 3.8) is 0 Å². The van der Waals surface area contributed by atoms with E-state index in [9.17, 15) is 4.39 Å². The van der Waals surface area contributed by atoms with Crippen LogP contribution in [0.1, 0.15) is 20.3 Å². The molecule has 1 heterocycles. The van der Waals surface area contributed by atoms with Gasteiger partial charge in [-0.15, -0.1) is 0 Å². The van der Waals surface area contributed by atoms with Gasteiger partial charge in [0, 0.05) is 17.0 Å². The van der Waals surface area contributed by atoms with Crippen LogP contribution >= 0.6 is 11.8 Å². The molecule has 0 bridgehead atoms. The Labute approximate surface area is 117 Å². The molecule has 0 amide bonds. The van der Waals surface area contributed by atoms with Crippen molar-refractivity contribution < 1.29 is 9.13 Å². The van der Waals surface area contributed by atoms with Gasteiger partial charge < -0.3 is 10.1 Å². The Bertz CT molecular complexity index is 477. The average molecular weight is 282 g/mol. The van der Waals surface area contributed by atoms with Crippen molar-refractivity contribution in [3.8, 4) is 5.75 Å². The lowest BCUT2D eigenvalue weighted by atomic mass is 10.1. The zero-order chi connectivity index (χ0) is 13.8. The summed E-state index contributed by atoms with van der Waals surface area (Å²) >= 11 is 1.76. The highest BCUT2D eigenvalue weighted by molar-refractivity contribution is 8.15. The fourth-order valence-corrected chi connectivity index (χ4v) is 3.27. The van der Waals surface area contributed by atoms with Gasteiger partial charge in [0.15, 0.2) is 16.7 Å². The van der Waals surface area contributed by atoms with Crippen LogP contribution in [0.4, 0.5) is 10.1 Å². The number of hydrogen-bond acceptors (Lipinski definition) is 4. The Morgan fingerprint density at radius 3 is 3.00 bits per heavy atom. The number of methoxy groups -OCH3 is 1. The Hall–Kier alpha value is -1.23. The van der Waals surface area contributed by atoms with Gasteiger partial charge in [0.25, 0.3) is 0 Å². The Morgan fingerprint density at radius 2 is 2.32 bits per heavy atom. The summed E-state index contributed by atoms with van der Waals surface area (Å²) in [5, 5.41) is 4.66. The first-order valence-electron chi connectivity index (χ1n) is 6.40. The van der Waals surface area contributed by atoms with E-state index in [1.54, 1.807) is 23.9 Å². The van der Waals surface area contributed by atoms with E-state index in [0.29, 0.717) is 11.2 Å². The Morgan fingerprint density at radius 1 is 1.53 bits per heavy atom. The number of anilines is 1. The Kier molecular flexibility index (Phi) is 4.69. The van der Waals surface area contributed by atoms with Crippen LogP contribution in [0.2, 0.25) is 0 Å². The fourth-order valence-electron chi connectivity index (χ4n) is 2.00. The molecule has 1 N–H and O–H groups in total. The van der Waals surface area contributed by atoms with E-state index in [-0.39, 0.29) is 11.6 Å². The fraction of sp³-hybridized carbons (Fsp3) is 0.500. The minimum atomic E-state index is -0.355. The van der Waals surface area contributed by atoms with E-state index in [0.717, 1.165) is 23.8 Å². The molecule has 0 radical (unpaired) electrons. The molecule has 1 aliphatic heterocycles. The third-order valence-electron chi connectivity index (χ3n) is 2.85. The molecule has 0 aliphatic carbocycles. The topological polar surface area (TPSA) is 33.6 Å². The van der Waals surface area contributed by atoms with Crippen molar-refractivity contribution in [3.05, 3.63) is 24.0 Å². The predicted molar refractivity (Wildman–Crippen MR) is 79.7 cm³/mol. The number of nitrogens with zero attached hydrogens (tertiary/aromatic N) is 1. The molecule has 1 aromatic rings. The highest BCUT2D eigenvalue weighted by atomic mass is 32.2. The minimum Gasteiger partial charge on any atom is -0.494 e. The molecule has 3 nitrogen and oxygen atoms in total. The molecule has 1 atom stereocenters. The molecule has 104 valence electrons. The number of rotatable bonds is 4. The molecule has 19 heavy (non-hydrogen) atoms. The van der Waals surface area contributed by atoms with Crippen LogP contribution < -0.4 is 10.1 Å². The highest BCUT2D eigenvalue weighted by Gasteiger charge is 2.20. The summed E-state index contributed by atoms with van der Waals surface area (Å²) in [6.45, 7) is 5.29. The van der Waals surface area contributed by atoms with Crippen LogP contribution in [0.15, 0.2) is 23.2 Å². The summed E-state index contributed by atoms with van der Waals surface area (Å²) in [4.78, 5) is 4.48. The average Bonchev–Trinajstić information content (AvgIpc) is 2.78. The van der Waals surface area contributed by atoms with Crippen LogP contribution in [-0.2, 0) is 0 Å². The monoisotopic (exact) mass is 282 g/mol. The Balaban J connectivity index is 1.95. The van der Waals surface area contributed by atoms with Gasteiger partial charge >= 0.3 is 0 Å².